The number of sulfone groups is 1. The second-order valence-electron chi connectivity index (χ2n) is 10.5. The van der Waals surface area contributed by atoms with Gasteiger partial charge in [0.25, 0.3) is 0 Å². The predicted molar refractivity (Wildman–Crippen MR) is 140 cm³/mol. The maximum absolute atomic E-state index is 13.4. The Morgan fingerprint density at radius 2 is 1.76 bits per heavy atom. The van der Waals surface area contributed by atoms with E-state index in [1.807, 2.05) is 30.3 Å². The van der Waals surface area contributed by atoms with Gasteiger partial charge >= 0.3 is 6.09 Å². The lowest BCUT2D eigenvalue weighted by Gasteiger charge is -2.37. The molecule has 0 aliphatic carbocycles. The van der Waals surface area contributed by atoms with Crippen molar-refractivity contribution in [2.45, 2.75) is 62.5 Å². The molecule has 0 unspecified atom stereocenters. The number of amides is 1. The van der Waals surface area contributed by atoms with Crippen molar-refractivity contribution in [3.05, 3.63) is 54.1 Å². The SMILES string of the molecule is CC(C)(C)OC(=O)NC1(C(=O)C[C@H](C#N)Cc2ccc(-c3cccc(S(C)(=O)=O)c3)cc2)CCOCC1. The van der Waals surface area contributed by atoms with Gasteiger partial charge in [0.05, 0.1) is 16.9 Å². The number of nitriles is 1. The standard InChI is InChI=1S/C28H34N2O6S/c1-27(2,3)36-26(32)30-28(12-14-35-15-13-28)25(31)17-21(19-29)16-20-8-10-22(11-9-20)23-6-5-7-24(18-23)37(4,33)34/h5-11,18,21H,12-17H2,1-4H3,(H,30,32)/t21-/m1/s1. The number of carbonyl (C=O) groups excluding carboxylic acids is 2. The van der Waals surface area contributed by atoms with Crippen molar-refractivity contribution in [1.82, 2.24) is 5.32 Å². The van der Waals surface area contributed by atoms with Crippen LogP contribution in [-0.4, -0.2) is 50.9 Å². The number of Topliss-reactive ketones (excluding diaryl/α,β-unsaturated/α-hetero) is 1. The van der Waals surface area contributed by atoms with Gasteiger partial charge in [-0.25, -0.2) is 13.2 Å². The van der Waals surface area contributed by atoms with Crippen LogP contribution in [-0.2, 0) is 30.5 Å². The topological polar surface area (TPSA) is 123 Å². The normalized spacial score (nSPS) is 16.3. The first-order chi connectivity index (χ1) is 17.3. The third kappa shape index (κ3) is 7.88. The molecule has 1 N–H and O–H groups in total. The van der Waals surface area contributed by atoms with E-state index in [9.17, 15) is 23.3 Å². The number of hydrogen-bond donors (Lipinski definition) is 1. The van der Waals surface area contributed by atoms with E-state index >= 15 is 0 Å². The number of carbonyl (C=O) groups is 2. The second-order valence-corrected chi connectivity index (χ2v) is 12.5. The molecule has 0 radical (unpaired) electrons. The van der Waals surface area contributed by atoms with E-state index in [2.05, 4.69) is 11.4 Å². The zero-order valence-corrected chi connectivity index (χ0v) is 22.6. The van der Waals surface area contributed by atoms with E-state index in [0.717, 1.165) is 16.7 Å². The summed E-state index contributed by atoms with van der Waals surface area (Å²) in [7, 11) is -3.31. The first-order valence-corrected chi connectivity index (χ1v) is 14.1. The first kappa shape index (κ1) is 28.4. The third-order valence-corrected chi connectivity index (χ3v) is 7.38. The molecular formula is C28H34N2O6S. The molecule has 1 saturated heterocycles. The number of nitrogens with one attached hydrogen (secondary N) is 1. The van der Waals surface area contributed by atoms with Gasteiger partial charge in [0.2, 0.25) is 0 Å². The van der Waals surface area contributed by atoms with Gasteiger partial charge < -0.3 is 14.8 Å². The second kappa shape index (κ2) is 11.4. The molecule has 1 amide bonds. The Morgan fingerprint density at radius 1 is 1.11 bits per heavy atom. The highest BCUT2D eigenvalue weighted by Gasteiger charge is 2.42. The fourth-order valence-corrected chi connectivity index (χ4v) is 4.97. The molecule has 2 aromatic carbocycles. The van der Waals surface area contributed by atoms with Gasteiger partial charge in [-0.1, -0.05) is 36.4 Å². The minimum absolute atomic E-state index is 0.00947. The van der Waals surface area contributed by atoms with Crippen LogP contribution in [0.3, 0.4) is 0 Å². The summed E-state index contributed by atoms with van der Waals surface area (Å²) in [5, 5.41) is 12.6. The average Bonchev–Trinajstić information content (AvgIpc) is 2.83. The summed E-state index contributed by atoms with van der Waals surface area (Å²) in [4.78, 5) is 26.1. The summed E-state index contributed by atoms with van der Waals surface area (Å²) in [6, 6.07) is 16.5. The van der Waals surface area contributed by atoms with Gasteiger partial charge in [0.15, 0.2) is 15.6 Å². The first-order valence-electron chi connectivity index (χ1n) is 12.2. The van der Waals surface area contributed by atoms with E-state index in [4.69, 9.17) is 9.47 Å². The lowest BCUT2D eigenvalue weighted by atomic mass is 9.80. The Labute approximate surface area is 218 Å². The molecular weight excluding hydrogens is 492 g/mol. The number of nitrogens with zero attached hydrogens (tertiary/aromatic N) is 1. The van der Waals surface area contributed by atoms with Crippen molar-refractivity contribution in [2.24, 2.45) is 5.92 Å². The van der Waals surface area contributed by atoms with Crippen LogP contribution >= 0.6 is 0 Å². The highest BCUT2D eigenvalue weighted by atomic mass is 32.2. The van der Waals surface area contributed by atoms with Crippen LogP contribution in [0.4, 0.5) is 4.79 Å². The largest absolute Gasteiger partial charge is 0.444 e. The van der Waals surface area contributed by atoms with E-state index in [-0.39, 0.29) is 17.1 Å². The van der Waals surface area contributed by atoms with Crippen molar-refractivity contribution in [3.8, 4) is 17.2 Å². The van der Waals surface area contributed by atoms with E-state index < -0.39 is 33.0 Å². The number of hydrogen-bond acceptors (Lipinski definition) is 7. The Hall–Kier alpha value is -3.22. The lowest BCUT2D eigenvalue weighted by molar-refractivity contribution is -0.130. The van der Waals surface area contributed by atoms with E-state index in [1.54, 1.807) is 39.0 Å². The molecule has 1 fully saturated rings. The zero-order valence-electron chi connectivity index (χ0n) is 21.7. The highest BCUT2D eigenvalue weighted by Crippen LogP contribution is 2.28. The molecule has 0 bridgehead atoms. The van der Waals surface area contributed by atoms with Crippen molar-refractivity contribution >= 4 is 21.7 Å². The number of rotatable bonds is 8. The molecule has 198 valence electrons. The molecule has 1 atom stereocenters. The van der Waals surface area contributed by atoms with E-state index in [1.165, 1.54) is 6.26 Å². The molecule has 1 aliphatic rings. The maximum atomic E-state index is 13.4. The van der Waals surface area contributed by atoms with Gasteiger partial charge in [-0.15, -0.1) is 0 Å². The van der Waals surface area contributed by atoms with Gasteiger partial charge in [0.1, 0.15) is 11.1 Å². The van der Waals surface area contributed by atoms with Crippen LogP contribution in [0, 0.1) is 17.2 Å². The smallest absolute Gasteiger partial charge is 0.408 e. The van der Waals surface area contributed by atoms with Gasteiger partial charge in [0, 0.05) is 38.7 Å². The fourth-order valence-electron chi connectivity index (χ4n) is 4.30. The Morgan fingerprint density at radius 3 is 2.32 bits per heavy atom. The maximum Gasteiger partial charge on any atom is 0.408 e. The number of ether oxygens (including phenoxy) is 2. The summed E-state index contributed by atoms with van der Waals surface area (Å²) in [6.45, 7) is 5.93. The number of alkyl carbamates (subject to hydrolysis) is 1. The van der Waals surface area contributed by atoms with Crippen LogP contribution in [0.2, 0.25) is 0 Å². The van der Waals surface area contributed by atoms with Crippen LogP contribution < -0.4 is 5.32 Å². The molecule has 1 heterocycles. The summed E-state index contributed by atoms with van der Waals surface area (Å²) >= 11 is 0. The van der Waals surface area contributed by atoms with Gasteiger partial charge in [-0.3, -0.25) is 4.79 Å². The lowest BCUT2D eigenvalue weighted by Crippen LogP contribution is -2.58. The molecule has 0 aromatic heterocycles. The summed E-state index contributed by atoms with van der Waals surface area (Å²) in [6.07, 6.45) is 1.52. The highest BCUT2D eigenvalue weighted by molar-refractivity contribution is 7.90. The molecule has 1 aliphatic heterocycles. The van der Waals surface area contributed by atoms with Gasteiger partial charge in [-0.05, 0) is 56.0 Å². The Bertz CT molecular complexity index is 1270. The fraction of sp³-hybridized carbons (Fsp3) is 0.464. The molecule has 3 rings (SSSR count). The van der Waals surface area contributed by atoms with Crippen molar-refractivity contribution in [1.29, 1.82) is 5.26 Å². The minimum Gasteiger partial charge on any atom is -0.444 e. The quantitative estimate of drug-likeness (QED) is 0.538. The van der Waals surface area contributed by atoms with Crippen LogP contribution in [0.1, 0.15) is 45.6 Å². The molecule has 2 aromatic rings. The predicted octanol–water partition coefficient (Wildman–Crippen LogP) is 4.47. The van der Waals surface area contributed by atoms with Crippen molar-refractivity contribution in [3.63, 3.8) is 0 Å². The Balaban J connectivity index is 1.71. The molecule has 8 nitrogen and oxygen atoms in total. The number of ketones is 1. The summed E-state index contributed by atoms with van der Waals surface area (Å²) in [5.41, 5.74) is 0.679. The van der Waals surface area contributed by atoms with Crippen LogP contribution in [0.15, 0.2) is 53.4 Å². The molecule has 9 heteroatoms. The zero-order chi connectivity index (χ0) is 27.3. The van der Waals surface area contributed by atoms with Crippen molar-refractivity contribution in [2.75, 3.05) is 19.5 Å². The van der Waals surface area contributed by atoms with Crippen molar-refractivity contribution < 1.29 is 27.5 Å². The van der Waals surface area contributed by atoms with Crippen LogP contribution in [0.5, 0.6) is 0 Å². The molecule has 0 spiro atoms. The van der Waals surface area contributed by atoms with Crippen LogP contribution in [0.25, 0.3) is 11.1 Å². The molecule has 37 heavy (non-hydrogen) atoms. The summed E-state index contributed by atoms with van der Waals surface area (Å²) < 4.78 is 34.5. The minimum atomic E-state index is -3.31. The monoisotopic (exact) mass is 526 g/mol. The molecule has 0 saturated carbocycles. The van der Waals surface area contributed by atoms with E-state index in [0.29, 0.717) is 32.5 Å². The Kier molecular flexibility index (Phi) is 8.77. The summed E-state index contributed by atoms with van der Waals surface area (Å²) in [5.74, 6) is -0.783. The van der Waals surface area contributed by atoms with Gasteiger partial charge in [-0.2, -0.15) is 5.26 Å². The average molecular weight is 527 g/mol. The number of benzene rings is 2. The third-order valence-electron chi connectivity index (χ3n) is 6.27.